The summed E-state index contributed by atoms with van der Waals surface area (Å²) in [7, 11) is 1.58. The first-order valence-electron chi connectivity index (χ1n) is 4.87. The fourth-order valence-electron chi connectivity index (χ4n) is 1.97. The molecule has 0 radical (unpaired) electrons. The van der Waals surface area contributed by atoms with Gasteiger partial charge < -0.3 is 9.84 Å². The summed E-state index contributed by atoms with van der Waals surface area (Å²) in [6, 6.07) is 3.19. The second-order valence-corrected chi connectivity index (χ2v) is 5.25. The minimum atomic E-state index is -1.14. The topological polar surface area (TPSA) is 29.5 Å². The molecule has 1 N–H and O–H groups in total. The molecule has 0 unspecified atom stereocenters. The molecule has 1 aliphatic rings. The molecular formula is C11H11BrClFO2. The Kier molecular flexibility index (Phi) is 3.27. The zero-order chi connectivity index (χ0) is 11.9. The van der Waals surface area contributed by atoms with Crippen molar-refractivity contribution in [1.29, 1.82) is 0 Å². The molecule has 0 atom stereocenters. The van der Waals surface area contributed by atoms with Crippen molar-refractivity contribution in [3.63, 3.8) is 0 Å². The molecule has 0 saturated heterocycles. The van der Waals surface area contributed by atoms with Crippen LogP contribution in [0.25, 0.3) is 0 Å². The Hall–Kier alpha value is -0.160. The van der Waals surface area contributed by atoms with Crippen molar-refractivity contribution in [3.05, 3.63) is 33.0 Å². The first-order valence-corrected chi connectivity index (χ1v) is 6.04. The Morgan fingerprint density at radius 3 is 2.75 bits per heavy atom. The van der Waals surface area contributed by atoms with E-state index in [1.54, 1.807) is 19.2 Å². The molecular weight excluding hydrogens is 298 g/mol. The number of benzene rings is 1. The maximum absolute atomic E-state index is 13.8. The van der Waals surface area contributed by atoms with Crippen LogP contribution in [0.15, 0.2) is 16.6 Å². The predicted octanol–water partition coefficient (Wildman–Crippen LogP) is 3.24. The number of hydrogen-bond acceptors (Lipinski definition) is 2. The van der Waals surface area contributed by atoms with Crippen molar-refractivity contribution in [2.24, 2.45) is 0 Å². The fourth-order valence-corrected chi connectivity index (χ4v) is 2.44. The van der Waals surface area contributed by atoms with Crippen LogP contribution < -0.4 is 0 Å². The van der Waals surface area contributed by atoms with Crippen LogP contribution in [0.2, 0.25) is 5.02 Å². The Bertz CT molecular complexity index is 419. The highest BCUT2D eigenvalue weighted by Gasteiger charge is 2.46. The second kappa shape index (κ2) is 4.26. The minimum Gasteiger partial charge on any atom is -0.385 e. The van der Waals surface area contributed by atoms with Gasteiger partial charge in [0.05, 0.1) is 16.7 Å². The molecule has 0 aliphatic heterocycles. The second-order valence-electron chi connectivity index (χ2n) is 4.02. The normalized spacial score (nSPS) is 28.9. The molecule has 1 saturated carbocycles. The summed E-state index contributed by atoms with van der Waals surface area (Å²) >= 11 is 8.91. The largest absolute Gasteiger partial charge is 0.385 e. The van der Waals surface area contributed by atoms with Gasteiger partial charge in [0.2, 0.25) is 0 Å². The highest BCUT2D eigenvalue weighted by atomic mass is 79.9. The number of methoxy groups -OCH3 is 1. The van der Waals surface area contributed by atoms with Gasteiger partial charge in [-0.05, 0) is 22.0 Å². The summed E-state index contributed by atoms with van der Waals surface area (Å²) in [6.45, 7) is 0. The molecule has 0 amide bonds. The number of aliphatic hydroxyl groups is 1. The molecule has 1 aromatic rings. The average Bonchev–Trinajstić information content (AvgIpc) is 2.21. The molecule has 1 fully saturated rings. The maximum Gasteiger partial charge on any atom is 0.149 e. The summed E-state index contributed by atoms with van der Waals surface area (Å²) < 4.78 is 19.4. The van der Waals surface area contributed by atoms with E-state index in [2.05, 4.69) is 15.9 Å². The number of halogens is 3. The molecule has 2 rings (SSSR count). The van der Waals surface area contributed by atoms with Crippen LogP contribution in [-0.2, 0) is 10.3 Å². The molecule has 1 aliphatic carbocycles. The third-order valence-electron chi connectivity index (χ3n) is 3.00. The van der Waals surface area contributed by atoms with Gasteiger partial charge in [-0.15, -0.1) is 0 Å². The first-order chi connectivity index (χ1) is 7.48. The average molecular weight is 310 g/mol. The summed E-state index contributed by atoms with van der Waals surface area (Å²) in [4.78, 5) is 0. The maximum atomic E-state index is 13.8. The van der Waals surface area contributed by atoms with Gasteiger partial charge in [-0.3, -0.25) is 0 Å². The third-order valence-corrected chi connectivity index (χ3v) is 4.26. The number of rotatable bonds is 2. The van der Waals surface area contributed by atoms with Crippen LogP contribution in [0, 0.1) is 5.82 Å². The van der Waals surface area contributed by atoms with Crippen molar-refractivity contribution in [2.75, 3.05) is 7.11 Å². The van der Waals surface area contributed by atoms with Crippen LogP contribution >= 0.6 is 27.5 Å². The van der Waals surface area contributed by atoms with Gasteiger partial charge in [0.1, 0.15) is 5.82 Å². The highest BCUT2D eigenvalue weighted by molar-refractivity contribution is 9.10. The number of hydrogen-bond donors (Lipinski definition) is 1. The minimum absolute atomic E-state index is 0.00629. The zero-order valence-electron chi connectivity index (χ0n) is 8.64. The Morgan fingerprint density at radius 2 is 2.19 bits per heavy atom. The quantitative estimate of drug-likeness (QED) is 0.850. The van der Waals surface area contributed by atoms with Gasteiger partial charge in [0.15, 0.2) is 0 Å². The van der Waals surface area contributed by atoms with E-state index < -0.39 is 11.4 Å². The van der Waals surface area contributed by atoms with Gasteiger partial charge in [-0.2, -0.15) is 0 Å². The van der Waals surface area contributed by atoms with Crippen LogP contribution in [0.1, 0.15) is 18.4 Å². The number of ether oxygens (including phenoxy) is 1. The van der Waals surface area contributed by atoms with E-state index in [9.17, 15) is 9.50 Å². The van der Waals surface area contributed by atoms with Crippen molar-refractivity contribution in [3.8, 4) is 0 Å². The Morgan fingerprint density at radius 1 is 1.56 bits per heavy atom. The smallest absolute Gasteiger partial charge is 0.149 e. The summed E-state index contributed by atoms with van der Waals surface area (Å²) in [5, 5.41) is 10.2. The van der Waals surface area contributed by atoms with Crippen LogP contribution in [0.3, 0.4) is 0 Å². The summed E-state index contributed by atoms with van der Waals surface area (Å²) in [5.74, 6) is -0.562. The van der Waals surface area contributed by atoms with E-state index in [1.165, 1.54) is 0 Å². The summed E-state index contributed by atoms with van der Waals surface area (Å²) in [5.41, 5.74) is -0.899. The standard InChI is InChI=1S/C11H11BrClFO2/c1-16-6-4-11(15,5-6)7-2-3-8(12)9(13)10(7)14/h2-3,6,15H,4-5H2,1H3. The predicted molar refractivity (Wildman–Crippen MR) is 63.0 cm³/mol. The molecule has 1 aromatic carbocycles. The van der Waals surface area contributed by atoms with E-state index >= 15 is 0 Å². The van der Waals surface area contributed by atoms with Gasteiger partial charge in [0, 0.05) is 30.0 Å². The highest BCUT2D eigenvalue weighted by Crippen LogP contribution is 2.45. The van der Waals surface area contributed by atoms with E-state index in [0.717, 1.165) is 0 Å². The molecule has 0 bridgehead atoms. The van der Waals surface area contributed by atoms with E-state index in [1.807, 2.05) is 0 Å². The van der Waals surface area contributed by atoms with Gasteiger partial charge in [-0.1, -0.05) is 17.7 Å². The molecule has 88 valence electrons. The first kappa shape index (κ1) is 12.3. The van der Waals surface area contributed by atoms with Gasteiger partial charge >= 0.3 is 0 Å². The van der Waals surface area contributed by atoms with E-state index in [4.69, 9.17) is 16.3 Å². The monoisotopic (exact) mass is 308 g/mol. The molecule has 2 nitrogen and oxygen atoms in total. The van der Waals surface area contributed by atoms with Crippen molar-refractivity contribution in [2.45, 2.75) is 24.5 Å². The lowest BCUT2D eigenvalue weighted by molar-refractivity contribution is -0.134. The van der Waals surface area contributed by atoms with Gasteiger partial charge in [-0.25, -0.2) is 4.39 Å². The van der Waals surface area contributed by atoms with E-state index in [0.29, 0.717) is 17.3 Å². The molecule has 0 spiro atoms. The van der Waals surface area contributed by atoms with Crippen LogP contribution in [0.5, 0.6) is 0 Å². The van der Waals surface area contributed by atoms with Crippen LogP contribution in [0.4, 0.5) is 4.39 Å². The van der Waals surface area contributed by atoms with Crippen molar-refractivity contribution >= 4 is 27.5 Å². The van der Waals surface area contributed by atoms with Crippen LogP contribution in [-0.4, -0.2) is 18.3 Å². The van der Waals surface area contributed by atoms with Crippen molar-refractivity contribution in [1.82, 2.24) is 0 Å². The summed E-state index contributed by atoms with van der Waals surface area (Å²) in [6.07, 6.45) is 0.795. The third kappa shape index (κ3) is 1.88. The molecule has 0 aromatic heterocycles. The zero-order valence-corrected chi connectivity index (χ0v) is 11.0. The lowest BCUT2D eigenvalue weighted by Crippen LogP contribution is -2.46. The Labute approximate surface area is 106 Å². The Balaban J connectivity index is 2.32. The molecule has 5 heteroatoms. The van der Waals surface area contributed by atoms with Crippen molar-refractivity contribution < 1.29 is 14.2 Å². The SMILES string of the molecule is COC1CC(O)(c2ccc(Br)c(Cl)c2F)C1. The molecule has 16 heavy (non-hydrogen) atoms. The van der Waals surface area contributed by atoms with E-state index in [-0.39, 0.29) is 16.7 Å². The lowest BCUT2D eigenvalue weighted by Gasteiger charge is -2.43. The van der Waals surface area contributed by atoms with Gasteiger partial charge in [0.25, 0.3) is 0 Å². The molecule has 0 heterocycles. The fraction of sp³-hybridized carbons (Fsp3) is 0.455. The lowest BCUT2D eigenvalue weighted by atomic mass is 9.72.